The van der Waals surface area contributed by atoms with E-state index in [2.05, 4.69) is 10.5 Å². The van der Waals surface area contributed by atoms with Gasteiger partial charge in [-0.25, -0.2) is 0 Å². The van der Waals surface area contributed by atoms with Crippen LogP contribution >= 0.6 is 0 Å². The minimum absolute atomic E-state index is 0.171. The Bertz CT molecular complexity index is 184. The number of nitrogens with one attached hydrogen (secondary N) is 1. The van der Waals surface area contributed by atoms with Gasteiger partial charge in [-0.3, -0.25) is 0 Å². The van der Waals surface area contributed by atoms with Gasteiger partial charge >= 0.3 is 0 Å². The molecule has 0 saturated heterocycles. The van der Waals surface area contributed by atoms with Crippen LogP contribution in [0.4, 0.5) is 0 Å². The monoisotopic (exact) mass is 218 g/mol. The van der Waals surface area contributed by atoms with E-state index in [4.69, 9.17) is 9.57 Å². The van der Waals surface area contributed by atoms with E-state index >= 15 is 0 Å². The average molecular weight is 218 g/mol. The van der Waals surface area contributed by atoms with Gasteiger partial charge in [-0.15, -0.1) is 0 Å². The van der Waals surface area contributed by atoms with E-state index < -0.39 is 6.10 Å². The molecule has 0 rings (SSSR count). The summed E-state index contributed by atoms with van der Waals surface area (Å²) >= 11 is 0. The van der Waals surface area contributed by atoms with Crippen LogP contribution < -0.4 is 5.32 Å². The number of hydrogen-bond donors (Lipinski definition) is 2. The Hall–Kier alpha value is -0.810. The van der Waals surface area contributed by atoms with Crippen molar-refractivity contribution in [3.8, 4) is 0 Å². The summed E-state index contributed by atoms with van der Waals surface area (Å²) in [6.07, 6.45) is -0.550. The number of rotatable bonds is 7. The van der Waals surface area contributed by atoms with Gasteiger partial charge in [0, 0.05) is 19.5 Å². The SMILES string of the molecule is CCOC(C)=NOCC(O)CNC(C)C. The van der Waals surface area contributed by atoms with Gasteiger partial charge in [0.2, 0.25) is 5.90 Å². The standard InChI is InChI=1S/C10H22N2O3/c1-5-14-9(4)12-15-7-10(13)6-11-8(2)3/h8,10-11,13H,5-7H2,1-4H3. The van der Waals surface area contributed by atoms with Crippen molar-refractivity contribution < 1.29 is 14.7 Å². The lowest BCUT2D eigenvalue weighted by Crippen LogP contribution is -2.34. The van der Waals surface area contributed by atoms with E-state index in [1.165, 1.54) is 0 Å². The van der Waals surface area contributed by atoms with Crippen LogP contribution in [0.1, 0.15) is 27.7 Å². The van der Waals surface area contributed by atoms with Crippen molar-refractivity contribution in [2.45, 2.75) is 39.8 Å². The summed E-state index contributed by atoms with van der Waals surface area (Å²) in [6.45, 7) is 8.86. The molecular formula is C10H22N2O3. The Kier molecular flexibility index (Phi) is 8.04. The molecule has 0 spiro atoms. The molecule has 0 amide bonds. The minimum Gasteiger partial charge on any atom is -0.479 e. The second kappa shape index (κ2) is 8.49. The predicted molar refractivity (Wildman–Crippen MR) is 59.8 cm³/mol. The van der Waals surface area contributed by atoms with Gasteiger partial charge in [0.25, 0.3) is 0 Å². The van der Waals surface area contributed by atoms with Crippen LogP contribution in [0.25, 0.3) is 0 Å². The Morgan fingerprint density at radius 2 is 2.13 bits per heavy atom. The summed E-state index contributed by atoms with van der Waals surface area (Å²) < 4.78 is 5.05. The van der Waals surface area contributed by atoms with Gasteiger partial charge in [0.1, 0.15) is 12.7 Å². The van der Waals surface area contributed by atoms with E-state index in [1.54, 1.807) is 6.92 Å². The molecule has 5 nitrogen and oxygen atoms in total. The number of nitrogens with zero attached hydrogens (tertiary/aromatic N) is 1. The van der Waals surface area contributed by atoms with Gasteiger partial charge < -0.3 is 20.0 Å². The van der Waals surface area contributed by atoms with Crippen molar-refractivity contribution in [1.82, 2.24) is 5.32 Å². The van der Waals surface area contributed by atoms with E-state index in [0.717, 1.165) is 0 Å². The quantitative estimate of drug-likeness (QED) is 0.376. The van der Waals surface area contributed by atoms with Crippen molar-refractivity contribution in [1.29, 1.82) is 0 Å². The Labute approximate surface area is 91.4 Å². The molecule has 2 N–H and O–H groups in total. The lowest BCUT2D eigenvalue weighted by atomic mass is 10.3. The largest absolute Gasteiger partial charge is 0.479 e. The molecule has 1 unspecified atom stereocenters. The van der Waals surface area contributed by atoms with Gasteiger partial charge in [-0.1, -0.05) is 19.0 Å². The summed E-state index contributed by atoms with van der Waals surface area (Å²) in [5, 5.41) is 16.2. The second-order valence-corrected chi connectivity index (χ2v) is 3.56. The third kappa shape index (κ3) is 9.49. The van der Waals surface area contributed by atoms with E-state index in [1.807, 2.05) is 20.8 Å². The Morgan fingerprint density at radius 3 is 2.67 bits per heavy atom. The number of aliphatic hydroxyl groups is 1. The number of hydrogen-bond acceptors (Lipinski definition) is 5. The van der Waals surface area contributed by atoms with Gasteiger partial charge in [0.05, 0.1) is 6.61 Å². The predicted octanol–water partition coefficient (Wildman–Crippen LogP) is 0.732. The number of ether oxygens (including phenoxy) is 1. The summed E-state index contributed by atoms with van der Waals surface area (Å²) in [5.74, 6) is 0.474. The molecule has 15 heavy (non-hydrogen) atoms. The smallest absolute Gasteiger partial charge is 0.222 e. The lowest BCUT2D eigenvalue weighted by molar-refractivity contribution is 0.0358. The zero-order valence-corrected chi connectivity index (χ0v) is 9.99. The highest BCUT2D eigenvalue weighted by Crippen LogP contribution is 1.89. The van der Waals surface area contributed by atoms with E-state index in [0.29, 0.717) is 25.1 Å². The molecule has 0 aromatic rings. The van der Waals surface area contributed by atoms with Gasteiger partial charge in [-0.2, -0.15) is 0 Å². The molecule has 0 aliphatic carbocycles. The van der Waals surface area contributed by atoms with Crippen LogP contribution in [0.5, 0.6) is 0 Å². The molecule has 90 valence electrons. The highest BCUT2D eigenvalue weighted by molar-refractivity contribution is 5.72. The van der Waals surface area contributed by atoms with Crippen molar-refractivity contribution in [3.63, 3.8) is 0 Å². The maximum absolute atomic E-state index is 9.44. The topological polar surface area (TPSA) is 63.1 Å². The summed E-state index contributed by atoms with van der Waals surface area (Å²) in [4.78, 5) is 4.92. The molecule has 0 aromatic carbocycles. The molecule has 0 bridgehead atoms. The second-order valence-electron chi connectivity index (χ2n) is 3.56. The fourth-order valence-electron chi connectivity index (χ4n) is 0.880. The van der Waals surface area contributed by atoms with Crippen LogP contribution in [0.15, 0.2) is 5.16 Å². The van der Waals surface area contributed by atoms with E-state index in [9.17, 15) is 5.11 Å². The molecule has 0 fully saturated rings. The molecular weight excluding hydrogens is 196 g/mol. The fraction of sp³-hybridized carbons (Fsp3) is 0.900. The van der Waals surface area contributed by atoms with Gasteiger partial charge in [0.15, 0.2) is 0 Å². The van der Waals surface area contributed by atoms with Crippen molar-refractivity contribution >= 4 is 5.90 Å². The van der Waals surface area contributed by atoms with Crippen molar-refractivity contribution in [2.75, 3.05) is 19.8 Å². The third-order valence-corrected chi connectivity index (χ3v) is 1.57. The zero-order valence-electron chi connectivity index (χ0n) is 9.99. The molecule has 0 saturated carbocycles. The lowest BCUT2D eigenvalue weighted by Gasteiger charge is -2.12. The van der Waals surface area contributed by atoms with E-state index in [-0.39, 0.29) is 6.61 Å². The van der Waals surface area contributed by atoms with Crippen LogP contribution in [0.3, 0.4) is 0 Å². The molecule has 0 aliphatic rings. The molecule has 0 heterocycles. The van der Waals surface area contributed by atoms with Crippen LogP contribution in [0.2, 0.25) is 0 Å². The summed E-state index contributed by atoms with van der Waals surface area (Å²) in [5.41, 5.74) is 0. The maximum Gasteiger partial charge on any atom is 0.222 e. The minimum atomic E-state index is -0.550. The Balaban J connectivity index is 3.53. The summed E-state index contributed by atoms with van der Waals surface area (Å²) in [6, 6.07) is 0.355. The number of oxime groups is 1. The maximum atomic E-state index is 9.44. The first-order valence-electron chi connectivity index (χ1n) is 5.27. The summed E-state index contributed by atoms with van der Waals surface area (Å²) in [7, 11) is 0. The van der Waals surface area contributed by atoms with Crippen LogP contribution in [-0.4, -0.2) is 42.9 Å². The van der Waals surface area contributed by atoms with Crippen molar-refractivity contribution in [2.24, 2.45) is 5.16 Å². The highest BCUT2D eigenvalue weighted by atomic mass is 16.7. The zero-order chi connectivity index (χ0) is 11.7. The first kappa shape index (κ1) is 14.2. The normalized spacial score (nSPS) is 14.1. The molecule has 0 aromatic heterocycles. The number of aliphatic hydroxyl groups excluding tert-OH is 1. The molecule has 5 heteroatoms. The Morgan fingerprint density at radius 1 is 1.47 bits per heavy atom. The van der Waals surface area contributed by atoms with Crippen molar-refractivity contribution in [3.05, 3.63) is 0 Å². The third-order valence-electron chi connectivity index (χ3n) is 1.57. The fourth-order valence-corrected chi connectivity index (χ4v) is 0.880. The molecule has 0 aliphatic heterocycles. The first-order chi connectivity index (χ1) is 7.06. The first-order valence-corrected chi connectivity index (χ1v) is 5.27. The highest BCUT2D eigenvalue weighted by Gasteiger charge is 2.05. The molecule has 0 radical (unpaired) electrons. The van der Waals surface area contributed by atoms with Crippen LogP contribution in [-0.2, 0) is 9.57 Å². The van der Waals surface area contributed by atoms with Crippen LogP contribution in [0, 0.1) is 0 Å². The molecule has 1 atom stereocenters. The average Bonchev–Trinajstić information content (AvgIpc) is 2.15. The van der Waals surface area contributed by atoms with Gasteiger partial charge in [-0.05, 0) is 6.92 Å².